The van der Waals surface area contributed by atoms with Crippen LogP contribution in [-0.2, 0) is 11.7 Å². The zero-order chi connectivity index (χ0) is 22.7. The van der Waals surface area contributed by atoms with Gasteiger partial charge in [-0.3, -0.25) is 0 Å². The third-order valence-electron chi connectivity index (χ3n) is 5.90. The lowest BCUT2D eigenvalue weighted by Crippen LogP contribution is -2.40. The van der Waals surface area contributed by atoms with Crippen LogP contribution < -0.4 is 4.90 Å². The summed E-state index contributed by atoms with van der Waals surface area (Å²) >= 11 is 5.85. The van der Waals surface area contributed by atoms with Crippen molar-refractivity contribution in [2.24, 2.45) is 0 Å². The fraction of sp³-hybridized carbons (Fsp3) is 0.286. The van der Waals surface area contributed by atoms with Crippen LogP contribution in [0.2, 0.25) is 5.02 Å². The molecule has 32 heavy (non-hydrogen) atoms. The zero-order valence-corrected chi connectivity index (χ0v) is 17.5. The Morgan fingerprint density at radius 1 is 1.12 bits per heavy atom. The molecular weight excluding hydrogens is 448 g/mol. The number of H-pyrrole nitrogens is 1. The van der Waals surface area contributed by atoms with Gasteiger partial charge in [-0.05, 0) is 44.0 Å². The summed E-state index contributed by atoms with van der Waals surface area (Å²) in [4.78, 5) is 10.7. The summed E-state index contributed by atoms with van der Waals surface area (Å²) in [5, 5.41) is 7.60. The Labute approximate surface area is 184 Å². The predicted octanol–water partition coefficient (Wildman–Crippen LogP) is 5.47. The van der Waals surface area contributed by atoms with Crippen LogP contribution in [0.15, 0.2) is 42.7 Å². The maximum atomic E-state index is 15.1. The quantitative estimate of drug-likeness (QED) is 0.408. The van der Waals surface area contributed by atoms with Crippen molar-refractivity contribution in [2.75, 3.05) is 11.4 Å². The average molecular weight is 465 g/mol. The van der Waals surface area contributed by atoms with Crippen molar-refractivity contribution in [1.29, 1.82) is 0 Å². The van der Waals surface area contributed by atoms with Crippen molar-refractivity contribution >= 4 is 28.3 Å². The molecule has 0 amide bonds. The van der Waals surface area contributed by atoms with E-state index >= 15 is 4.39 Å². The zero-order valence-electron chi connectivity index (χ0n) is 16.8. The molecule has 0 unspecified atom stereocenters. The molecule has 0 bridgehead atoms. The van der Waals surface area contributed by atoms with Crippen LogP contribution in [0.1, 0.15) is 31.2 Å². The molecule has 3 heterocycles. The molecule has 1 N–H and O–H groups in total. The second-order valence-electron chi connectivity index (χ2n) is 7.92. The van der Waals surface area contributed by atoms with Gasteiger partial charge in [-0.1, -0.05) is 11.6 Å². The highest BCUT2D eigenvalue weighted by atomic mass is 35.5. The van der Waals surface area contributed by atoms with Crippen molar-refractivity contribution in [2.45, 2.75) is 31.5 Å². The maximum Gasteiger partial charge on any atom is 0.417 e. The number of imidazole rings is 1. The molecular formula is C21H17ClF4N6. The summed E-state index contributed by atoms with van der Waals surface area (Å²) in [6, 6.07) is 6.88. The molecule has 0 spiro atoms. The van der Waals surface area contributed by atoms with E-state index in [4.69, 9.17) is 11.6 Å². The van der Waals surface area contributed by atoms with Crippen LogP contribution in [0, 0.1) is 5.82 Å². The normalized spacial score (nSPS) is 19.2. The van der Waals surface area contributed by atoms with Crippen molar-refractivity contribution < 1.29 is 17.6 Å². The number of halogens is 5. The van der Waals surface area contributed by atoms with Gasteiger partial charge >= 0.3 is 6.18 Å². The highest BCUT2D eigenvalue weighted by molar-refractivity contribution is 6.32. The third-order valence-corrected chi connectivity index (χ3v) is 6.21. The smallest absolute Gasteiger partial charge is 0.357 e. The number of hydrogen-bond donors (Lipinski definition) is 1. The molecule has 5 rings (SSSR count). The van der Waals surface area contributed by atoms with E-state index in [1.807, 2.05) is 11.8 Å². The van der Waals surface area contributed by atoms with Gasteiger partial charge in [-0.2, -0.15) is 28.2 Å². The van der Waals surface area contributed by atoms with E-state index in [2.05, 4.69) is 20.2 Å². The topological polar surface area (TPSA) is 62.6 Å². The second-order valence-corrected chi connectivity index (χ2v) is 8.32. The van der Waals surface area contributed by atoms with Crippen molar-refractivity contribution in [3.63, 3.8) is 0 Å². The minimum absolute atomic E-state index is 0.227. The van der Waals surface area contributed by atoms with Crippen molar-refractivity contribution in [3.8, 4) is 5.69 Å². The van der Waals surface area contributed by atoms with Gasteiger partial charge in [0.2, 0.25) is 0 Å². The molecule has 2 aromatic heterocycles. The lowest BCUT2D eigenvalue weighted by atomic mass is 9.97. The third kappa shape index (κ3) is 3.29. The van der Waals surface area contributed by atoms with Crippen molar-refractivity contribution in [1.82, 2.24) is 25.0 Å². The minimum Gasteiger partial charge on any atom is -0.357 e. The number of fused-ring (bicyclic) bond motifs is 1. The molecule has 11 heteroatoms. The molecule has 6 nitrogen and oxygen atoms in total. The Morgan fingerprint density at radius 3 is 2.56 bits per heavy atom. The van der Waals surface area contributed by atoms with E-state index in [1.165, 1.54) is 29.3 Å². The van der Waals surface area contributed by atoms with Crippen LogP contribution in [-0.4, -0.2) is 31.5 Å². The average Bonchev–Trinajstić information content (AvgIpc) is 3.46. The van der Waals surface area contributed by atoms with Crippen molar-refractivity contribution in [3.05, 3.63) is 65.0 Å². The summed E-state index contributed by atoms with van der Waals surface area (Å²) in [5.41, 5.74) is -0.261. The molecule has 0 saturated carbocycles. The van der Waals surface area contributed by atoms with Gasteiger partial charge in [0.1, 0.15) is 11.6 Å². The SMILES string of the molecule is C[C@@]1(c2nc3cc(Cl)c(C(F)(F)F)cc3[nH]2)CCCN1c1ccc(-n2nccn2)cc1F. The monoisotopic (exact) mass is 464 g/mol. The van der Waals surface area contributed by atoms with Gasteiger partial charge < -0.3 is 9.88 Å². The Balaban J connectivity index is 1.55. The van der Waals surface area contributed by atoms with Gasteiger partial charge in [0.25, 0.3) is 0 Å². The Hall–Kier alpha value is -3.14. The molecule has 166 valence electrons. The summed E-state index contributed by atoms with van der Waals surface area (Å²) < 4.78 is 54.8. The summed E-state index contributed by atoms with van der Waals surface area (Å²) in [5.74, 6) is 0.00375. The first-order chi connectivity index (χ1) is 15.2. The molecule has 1 aliphatic heterocycles. The molecule has 0 radical (unpaired) electrons. The van der Waals surface area contributed by atoms with Crippen LogP contribution in [0.5, 0.6) is 0 Å². The van der Waals surface area contributed by atoms with Crippen LogP contribution in [0.4, 0.5) is 23.2 Å². The van der Waals surface area contributed by atoms with E-state index in [0.29, 0.717) is 35.7 Å². The van der Waals surface area contributed by atoms with E-state index in [-0.39, 0.29) is 5.52 Å². The summed E-state index contributed by atoms with van der Waals surface area (Å²) in [6.45, 7) is 2.46. The fourth-order valence-corrected chi connectivity index (χ4v) is 4.55. The lowest BCUT2D eigenvalue weighted by Gasteiger charge is -2.35. The number of hydrogen-bond acceptors (Lipinski definition) is 4. The molecule has 4 aromatic rings. The summed E-state index contributed by atoms with van der Waals surface area (Å²) in [7, 11) is 0. The number of nitrogens with one attached hydrogen (secondary N) is 1. The predicted molar refractivity (Wildman–Crippen MR) is 111 cm³/mol. The number of alkyl halides is 3. The molecule has 1 atom stereocenters. The van der Waals surface area contributed by atoms with Gasteiger partial charge in [-0.25, -0.2) is 9.37 Å². The number of aromatic nitrogens is 5. The van der Waals surface area contributed by atoms with E-state index in [1.54, 1.807) is 12.1 Å². The number of anilines is 1. The maximum absolute atomic E-state index is 15.1. The molecule has 1 aliphatic rings. The van der Waals surface area contributed by atoms with Gasteiger partial charge in [0.15, 0.2) is 0 Å². The van der Waals surface area contributed by atoms with Gasteiger partial charge in [-0.15, -0.1) is 0 Å². The molecule has 0 aliphatic carbocycles. The second kappa shape index (κ2) is 7.19. The molecule has 1 fully saturated rings. The van der Waals surface area contributed by atoms with Gasteiger partial charge in [0, 0.05) is 12.6 Å². The number of aromatic amines is 1. The Morgan fingerprint density at radius 2 is 1.88 bits per heavy atom. The van der Waals surface area contributed by atoms with Crippen LogP contribution in [0.25, 0.3) is 16.7 Å². The van der Waals surface area contributed by atoms with Crippen LogP contribution >= 0.6 is 11.6 Å². The van der Waals surface area contributed by atoms with Crippen LogP contribution in [0.3, 0.4) is 0 Å². The van der Waals surface area contributed by atoms with E-state index in [9.17, 15) is 13.2 Å². The Bertz CT molecular complexity index is 1300. The lowest BCUT2D eigenvalue weighted by molar-refractivity contribution is -0.137. The standard InChI is InChI=1S/C21H17ClF4N6/c1-20(19-29-16-10-13(21(24,25)26)14(22)11-17(16)30-19)5-2-8-31(20)18-4-3-12(9-15(18)23)32-27-6-7-28-32/h3-4,6-7,9-11H,2,5,8H2,1H3,(H,29,30)/t20-/m0/s1. The highest BCUT2D eigenvalue weighted by Gasteiger charge is 2.42. The molecule has 1 saturated heterocycles. The van der Waals surface area contributed by atoms with E-state index in [0.717, 1.165) is 12.5 Å². The first kappa shape index (κ1) is 20.7. The van der Waals surface area contributed by atoms with Gasteiger partial charge in [0.05, 0.1) is 50.9 Å². The first-order valence-electron chi connectivity index (χ1n) is 9.88. The minimum atomic E-state index is -4.58. The van der Waals surface area contributed by atoms with E-state index < -0.39 is 28.1 Å². The number of rotatable bonds is 3. The number of nitrogens with zero attached hydrogens (tertiary/aromatic N) is 5. The number of benzene rings is 2. The summed E-state index contributed by atoms with van der Waals surface area (Å²) in [6.07, 6.45) is -0.157. The Kier molecular flexibility index (Phi) is 4.66. The highest BCUT2D eigenvalue weighted by Crippen LogP contribution is 2.43. The molecule has 2 aromatic carbocycles. The fourth-order valence-electron chi connectivity index (χ4n) is 4.29. The largest absolute Gasteiger partial charge is 0.417 e. The first-order valence-corrected chi connectivity index (χ1v) is 10.3.